The van der Waals surface area contributed by atoms with E-state index in [4.69, 9.17) is 14.2 Å². The molecule has 2 heterocycles. The zero-order chi connectivity index (χ0) is 42.1. The minimum Gasteiger partial charge on any atom is -0.465 e. The maximum absolute atomic E-state index is 13.8. The molecule has 1 aromatic heterocycles. The highest BCUT2D eigenvalue weighted by Gasteiger charge is 2.25. The largest absolute Gasteiger partial charge is 0.465 e. The number of carbonyl (C=O) groups is 4. The molecular formula is C45H50BrN7O7. The molecule has 1 aliphatic heterocycles. The van der Waals surface area contributed by atoms with Gasteiger partial charge in [-0.05, 0) is 60.0 Å². The van der Waals surface area contributed by atoms with Crippen LogP contribution in [0.3, 0.4) is 0 Å². The molecule has 2 amide bonds. The number of amides is 2. The summed E-state index contributed by atoms with van der Waals surface area (Å²) in [6, 6.07) is 32.4. The third-order valence-electron chi connectivity index (χ3n) is 9.94. The van der Waals surface area contributed by atoms with Crippen LogP contribution < -0.4 is 5.32 Å². The summed E-state index contributed by atoms with van der Waals surface area (Å²) in [7, 11) is 0. The highest BCUT2D eigenvalue weighted by molar-refractivity contribution is 9.10. The Kier molecular flexibility index (Phi) is 16.4. The molecule has 0 aliphatic carbocycles. The minimum atomic E-state index is -0.503. The number of hydrogen-bond acceptors (Lipinski definition) is 12. The standard InChI is InChI=1S/C45H50BrN7O7/c1-2-58-42(55)30-51-21-25-52(44(56)59-31-34-9-5-3-6-10-34)23-19-50(20-24-53(26-22-51)45(57)60-32-35-11-7-4-8-12-35)29-39(54)27-36-13-18-40-41(28-36)47-33-48-43(40)49-38-16-14-37(46)15-17-38/h3-18,28,33H,2,19-27,29-32H2,1H3,(H,47,48,49). The second-order valence-electron chi connectivity index (χ2n) is 14.3. The number of ether oxygens (including phenoxy) is 3. The molecule has 0 bridgehead atoms. The summed E-state index contributed by atoms with van der Waals surface area (Å²) >= 11 is 3.46. The van der Waals surface area contributed by atoms with Gasteiger partial charge in [0.25, 0.3) is 0 Å². The van der Waals surface area contributed by atoms with Crippen molar-refractivity contribution in [2.45, 2.75) is 26.6 Å². The first-order valence-corrected chi connectivity index (χ1v) is 20.8. The van der Waals surface area contributed by atoms with Crippen LogP contribution in [0.5, 0.6) is 0 Å². The number of esters is 1. The zero-order valence-corrected chi connectivity index (χ0v) is 35.3. The SMILES string of the molecule is CCOC(=O)CN1CCN(C(=O)OCc2ccccc2)CCN(CC(=O)Cc2ccc3c(Nc4ccc(Br)cc4)ncnc3c2)CCN(C(=O)OCc2ccccc2)CC1. The van der Waals surface area contributed by atoms with Crippen LogP contribution in [0.15, 0.2) is 114 Å². The van der Waals surface area contributed by atoms with E-state index in [-0.39, 0.29) is 71.3 Å². The van der Waals surface area contributed by atoms with Gasteiger partial charge in [-0.2, -0.15) is 0 Å². The van der Waals surface area contributed by atoms with Crippen molar-refractivity contribution >= 4 is 62.3 Å². The van der Waals surface area contributed by atoms with Crippen LogP contribution in [0.1, 0.15) is 23.6 Å². The number of aromatic nitrogens is 2. The molecule has 0 atom stereocenters. The van der Waals surface area contributed by atoms with E-state index in [9.17, 15) is 19.2 Å². The second-order valence-corrected chi connectivity index (χ2v) is 15.2. The lowest BCUT2D eigenvalue weighted by Crippen LogP contribution is -2.50. The van der Waals surface area contributed by atoms with E-state index in [2.05, 4.69) is 31.2 Å². The molecule has 1 aliphatic rings. The van der Waals surface area contributed by atoms with E-state index in [1.165, 1.54) is 6.33 Å². The van der Waals surface area contributed by atoms with Crippen LogP contribution in [-0.4, -0.2) is 126 Å². The van der Waals surface area contributed by atoms with Gasteiger partial charge in [0.15, 0.2) is 5.78 Å². The van der Waals surface area contributed by atoms with E-state index in [0.717, 1.165) is 32.2 Å². The van der Waals surface area contributed by atoms with Gasteiger partial charge in [-0.15, -0.1) is 0 Å². The summed E-state index contributed by atoms with van der Waals surface area (Å²) in [6.45, 7) is 4.50. The number of halogens is 1. The summed E-state index contributed by atoms with van der Waals surface area (Å²) in [4.78, 5) is 69.6. The van der Waals surface area contributed by atoms with E-state index in [1.807, 2.05) is 113 Å². The molecule has 314 valence electrons. The third-order valence-corrected chi connectivity index (χ3v) is 10.5. The van der Waals surface area contributed by atoms with Crippen LogP contribution in [-0.2, 0) is 43.4 Å². The first-order chi connectivity index (χ1) is 29.2. The number of ketones is 1. The number of fused-ring (bicyclic) bond motifs is 1. The normalized spacial score (nSPS) is 14.4. The molecule has 1 saturated heterocycles. The van der Waals surface area contributed by atoms with E-state index < -0.39 is 18.2 Å². The van der Waals surface area contributed by atoms with Crippen molar-refractivity contribution in [1.82, 2.24) is 29.6 Å². The fraction of sp³-hybridized carbons (Fsp3) is 0.333. The van der Waals surface area contributed by atoms with Crippen LogP contribution >= 0.6 is 15.9 Å². The average Bonchev–Trinajstić information content (AvgIpc) is 3.25. The van der Waals surface area contributed by atoms with Gasteiger partial charge in [0.05, 0.1) is 25.2 Å². The van der Waals surface area contributed by atoms with E-state index >= 15 is 0 Å². The van der Waals surface area contributed by atoms with Crippen LogP contribution in [0.4, 0.5) is 21.1 Å². The fourth-order valence-corrected chi connectivity index (χ4v) is 6.97. The number of hydrogen-bond donors (Lipinski definition) is 1. The van der Waals surface area contributed by atoms with Gasteiger partial charge in [-0.1, -0.05) is 82.7 Å². The molecular weight excluding hydrogens is 830 g/mol. The van der Waals surface area contributed by atoms with Gasteiger partial charge in [-0.3, -0.25) is 19.4 Å². The van der Waals surface area contributed by atoms with Crippen molar-refractivity contribution in [3.8, 4) is 0 Å². The Balaban J connectivity index is 1.17. The van der Waals surface area contributed by atoms with Crippen molar-refractivity contribution in [3.05, 3.63) is 131 Å². The van der Waals surface area contributed by atoms with Crippen LogP contribution in [0.2, 0.25) is 0 Å². The monoisotopic (exact) mass is 879 g/mol. The van der Waals surface area contributed by atoms with Gasteiger partial charge in [0.2, 0.25) is 0 Å². The first-order valence-electron chi connectivity index (χ1n) is 20.0. The molecule has 6 rings (SSSR count). The third kappa shape index (κ3) is 13.6. The Morgan fingerprint density at radius 3 is 1.73 bits per heavy atom. The van der Waals surface area contributed by atoms with E-state index in [0.29, 0.717) is 37.5 Å². The van der Waals surface area contributed by atoms with Crippen molar-refractivity contribution < 1.29 is 33.4 Å². The number of carbonyl (C=O) groups excluding carboxylic acids is 4. The minimum absolute atomic E-state index is 0.0158. The predicted octanol–water partition coefficient (Wildman–Crippen LogP) is 6.71. The lowest BCUT2D eigenvalue weighted by atomic mass is 10.1. The Morgan fingerprint density at radius 1 is 0.633 bits per heavy atom. The maximum Gasteiger partial charge on any atom is 0.410 e. The summed E-state index contributed by atoms with van der Waals surface area (Å²) in [5.74, 6) is 0.213. The molecule has 0 unspecified atom stereocenters. The van der Waals surface area contributed by atoms with Gasteiger partial charge in [0, 0.05) is 74.3 Å². The fourth-order valence-electron chi connectivity index (χ4n) is 6.70. The van der Waals surface area contributed by atoms with Crippen LogP contribution in [0, 0.1) is 0 Å². The van der Waals surface area contributed by atoms with Gasteiger partial charge >= 0.3 is 18.2 Å². The number of nitrogens with one attached hydrogen (secondary N) is 1. The Bertz CT molecular complexity index is 2110. The quantitative estimate of drug-likeness (QED) is 0.0992. The number of Topliss-reactive ketones (excluding diaryl/α,β-unsaturated/α-hetero) is 1. The average molecular weight is 881 g/mol. The summed E-state index contributed by atoms with van der Waals surface area (Å²) < 4.78 is 17.7. The predicted molar refractivity (Wildman–Crippen MR) is 232 cm³/mol. The van der Waals surface area contributed by atoms with Gasteiger partial charge in [0.1, 0.15) is 25.4 Å². The van der Waals surface area contributed by atoms with Crippen molar-refractivity contribution in [1.29, 1.82) is 0 Å². The molecule has 14 nitrogen and oxygen atoms in total. The number of nitrogens with zero attached hydrogens (tertiary/aromatic N) is 6. The summed E-state index contributed by atoms with van der Waals surface area (Å²) in [5, 5.41) is 4.16. The zero-order valence-electron chi connectivity index (χ0n) is 33.7. The van der Waals surface area contributed by atoms with Gasteiger partial charge in [-0.25, -0.2) is 19.6 Å². The molecule has 5 aromatic rings. The molecule has 1 fully saturated rings. The Labute approximate surface area is 358 Å². The maximum atomic E-state index is 13.8. The van der Waals surface area contributed by atoms with Crippen molar-refractivity contribution in [3.63, 3.8) is 0 Å². The van der Waals surface area contributed by atoms with Crippen LogP contribution in [0.25, 0.3) is 10.9 Å². The first kappa shape index (κ1) is 43.7. The Hall–Kier alpha value is -5.90. The van der Waals surface area contributed by atoms with Gasteiger partial charge < -0.3 is 29.3 Å². The highest BCUT2D eigenvalue weighted by Crippen LogP contribution is 2.25. The second kappa shape index (κ2) is 22.5. The molecule has 0 saturated carbocycles. The lowest BCUT2D eigenvalue weighted by molar-refractivity contribution is -0.144. The topological polar surface area (TPSA) is 147 Å². The number of rotatable bonds is 13. The van der Waals surface area contributed by atoms with E-state index in [1.54, 1.807) is 16.7 Å². The van der Waals surface area contributed by atoms with Crippen molar-refractivity contribution in [2.75, 3.05) is 77.4 Å². The smallest absolute Gasteiger partial charge is 0.410 e. The van der Waals surface area contributed by atoms with Crippen molar-refractivity contribution in [2.24, 2.45) is 0 Å². The summed E-state index contributed by atoms with van der Waals surface area (Å²) in [6.07, 6.45) is 0.642. The summed E-state index contributed by atoms with van der Waals surface area (Å²) in [5.41, 5.74) is 4.09. The molecule has 0 spiro atoms. The Morgan fingerprint density at radius 2 is 1.18 bits per heavy atom. The number of anilines is 2. The molecule has 1 N–H and O–H groups in total. The highest BCUT2D eigenvalue weighted by atomic mass is 79.9. The molecule has 4 aromatic carbocycles. The molecule has 0 radical (unpaired) electrons. The number of benzene rings is 4. The molecule has 15 heteroatoms. The lowest BCUT2D eigenvalue weighted by Gasteiger charge is -2.33. The molecule has 60 heavy (non-hydrogen) atoms.